The average Bonchev–Trinajstić information content (AvgIpc) is 2.39. The molecule has 0 aromatic carbocycles. The number of nitrogens with two attached hydrogens (primary N) is 1. The molecule has 8 heteroatoms. The smallest absolute Gasteiger partial charge is 0.268 e. The van der Waals surface area contributed by atoms with Crippen LogP contribution in [0.5, 0.6) is 5.88 Å². The van der Waals surface area contributed by atoms with Gasteiger partial charge in [0.2, 0.25) is 5.88 Å². The molecule has 0 aliphatic carbocycles. The van der Waals surface area contributed by atoms with E-state index in [1.807, 2.05) is 6.92 Å². The molecule has 0 saturated heterocycles. The van der Waals surface area contributed by atoms with Crippen molar-refractivity contribution in [2.45, 2.75) is 6.92 Å². The van der Waals surface area contributed by atoms with Crippen LogP contribution in [-0.4, -0.2) is 27.7 Å². The van der Waals surface area contributed by atoms with Gasteiger partial charge in [0, 0.05) is 16.1 Å². The summed E-state index contributed by atoms with van der Waals surface area (Å²) in [5.74, 6) is -0.353. The Morgan fingerprint density at radius 2 is 2.20 bits per heavy atom. The first-order valence-corrected chi connectivity index (χ1v) is 6.82. The Hall–Kier alpha value is -1.73. The summed E-state index contributed by atoms with van der Waals surface area (Å²) in [6, 6.07) is 4.86. The van der Waals surface area contributed by atoms with Crippen molar-refractivity contribution < 1.29 is 9.53 Å². The quantitative estimate of drug-likeness (QED) is 0.907. The number of nitrogens with zero attached hydrogens (tertiary/aromatic N) is 3. The van der Waals surface area contributed by atoms with Gasteiger partial charge < -0.3 is 10.5 Å². The van der Waals surface area contributed by atoms with Crippen LogP contribution in [0.1, 0.15) is 17.4 Å². The maximum absolute atomic E-state index is 11.5. The molecular formula is C12H10BrClN4O2. The van der Waals surface area contributed by atoms with Gasteiger partial charge in [-0.25, -0.2) is 4.98 Å². The van der Waals surface area contributed by atoms with E-state index in [2.05, 4.69) is 31.1 Å². The van der Waals surface area contributed by atoms with E-state index in [0.717, 1.165) is 0 Å². The number of aromatic nitrogens is 3. The zero-order chi connectivity index (χ0) is 14.7. The summed E-state index contributed by atoms with van der Waals surface area (Å²) in [6.45, 7) is 2.26. The van der Waals surface area contributed by atoms with E-state index >= 15 is 0 Å². The third-order valence-electron chi connectivity index (χ3n) is 2.37. The van der Waals surface area contributed by atoms with Crippen molar-refractivity contribution in [1.82, 2.24) is 15.2 Å². The van der Waals surface area contributed by atoms with Gasteiger partial charge in [0.05, 0.1) is 6.61 Å². The van der Waals surface area contributed by atoms with Crippen LogP contribution in [0.2, 0.25) is 5.15 Å². The van der Waals surface area contributed by atoms with Crippen LogP contribution in [0.15, 0.2) is 22.7 Å². The van der Waals surface area contributed by atoms with Crippen LogP contribution in [-0.2, 0) is 0 Å². The molecule has 104 valence electrons. The molecule has 0 bridgehead atoms. The molecule has 0 atom stereocenters. The van der Waals surface area contributed by atoms with Gasteiger partial charge in [-0.2, -0.15) is 0 Å². The van der Waals surface area contributed by atoms with E-state index in [0.29, 0.717) is 28.2 Å². The second-order valence-electron chi connectivity index (χ2n) is 3.71. The van der Waals surface area contributed by atoms with Crippen LogP contribution in [0, 0.1) is 0 Å². The Labute approximate surface area is 128 Å². The van der Waals surface area contributed by atoms with E-state index in [9.17, 15) is 4.79 Å². The van der Waals surface area contributed by atoms with Gasteiger partial charge in [0.25, 0.3) is 5.91 Å². The summed E-state index contributed by atoms with van der Waals surface area (Å²) < 4.78 is 5.84. The molecular weight excluding hydrogens is 348 g/mol. The van der Waals surface area contributed by atoms with Crippen LogP contribution in [0.25, 0.3) is 11.3 Å². The standard InChI is InChI=1S/C12H10BrClN4O2/c1-2-20-9-4-3-6(11(16-9)12(15)19)10-7(13)5-8(14)17-18-10/h3-5H,2H2,1H3,(H2,15,19). The number of carbonyl (C=O) groups excluding carboxylic acids is 1. The van der Waals surface area contributed by atoms with Gasteiger partial charge in [-0.3, -0.25) is 4.79 Å². The van der Waals surface area contributed by atoms with Gasteiger partial charge >= 0.3 is 0 Å². The highest BCUT2D eigenvalue weighted by molar-refractivity contribution is 9.10. The molecule has 2 rings (SSSR count). The van der Waals surface area contributed by atoms with Gasteiger partial charge in [0.15, 0.2) is 5.15 Å². The fraction of sp³-hybridized carbons (Fsp3) is 0.167. The van der Waals surface area contributed by atoms with Crippen LogP contribution >= 0.6 is 27.5 Å². The largest absolute Gasteiger partial charge is 0.478 e. The normalized spacial score (nSPS) is 10.3. The van der Waals surface area contributed by atoms with Crippen molar-refractivity contribution >= 4 is 33.4 Å². The first kappa shape index (κ1) is 14.7. The van der Waals surface area contributed by atoms with Crippen molar-refractivity contribution in [2.24, 2.45) is 5.73 Å². The van der Waals surface area contributed by atoms with Crippen molar-refractivity contribution in [3.8, 4) is 17.1 Å². The highest BCUT2D eigenvalue weighted by Crippen LogP contribution is 2.30. The number of hydrogen-bond acceptors (Lipinski definition) is 5. The van der Waals surface area contributed by atoms with Gasteiger partial charge in [-0.1, -0.05) is 11.6 Å². The zero-order valence-electron chi connectivity index (χ0n) is 10.4. The van der Waals surface area contributed by atoms with Gasteiger partial charge in [0.1, 0.15) is 11.4 Å². The van der Waals surface area contributed by atoms with E-state index in [4.69, 9.17) is 22.1 Å². The topological polar surface area (TPSA) is 91.0 Å². The molecule has 1 amide bonds. The summed E-state index contributed by atoms with van der Waals surface area (Å²) in [7, 11) is 0. The highest BCUT2D eigenvalue weighted by Gasteiger charge is 2.17. The van der Waals surface area contributed by atoms with Crippen molar-refractivity contribution in [3.63, 3.8) is 0 Å². The summed E-state index contributed by atoms with van der Waals surface area (Å²) in [5, 5.41) is 7.94. The monoisotopic (exact) mass is 356 g/mol. The molecule has 2 N–H and O–H groups in total. The number of ether oxygens (including phenoxy) is 1. The van der Waals surface area contributed by atoms with E-state index in [1.165, 1.54) is 0 Å². The summed E-state index contributed by atoms with van der Waals surface area (Å²) in [5.41, 5.74) is 6.30. The molecule has 0 unspecified atom stereocenters. The zero-order valence-corrected chi connectivity index (χ0v) is 12.8. The maximum atomic E-state index is 11.5. The molecule has 0 saturated carbocycles. The number of rotatable bonds is 4. The molecule has 6 nitrogen and oxygen atoms in total. The molecule has 0 radical (unpaired) electrons. The SMILES string of the molecule is CCOc1ccc(-c2nnc(Cl)cc2Br)c(C(N)=O)n1. The Bertz CT molecular complexity index is 666. The van der Waals surface area contributed by atoms with Crippen LogP contribution < -0.4 is 10.5 Å². The molecule has 2 aromatic heterocycles. The van der Waals surface area contributed by atoms with Crippen molar-refractivity contribution in [3.05, 3.63) is 33.5 Å². The molecule has 0 aliphatic rings. The minimum atomic E-state index is -0.676. The summed E-state index contributed by atoms with van der Waals surface area (Å²) >= 11 is 9.06. The Morgan fingerprint density at radius 1 is 1.45 bits per heavy atom. The third kappa shape index (κ3) is 3.05. The fourth-order valence-corrected chi connectivity index (χ4v) is 2.37. The van der Waals surface area contributed by atoms with Gasteiger partial charge in [-0.05, 0) is 35.0 Å². The lowest BCUT2D eigenvalue weighted by molar-refractivity contribution is 0.0995. The van der Waals surface area contributed by atoms with E-state index in [-0.39, 0.29) is 10.8 Å². The summed E-state index contributed by atoms with van der Waals surface area (Å²) in [4.78, 5) is 15.6. The maximum Gasteiger partial charge on any atom is 0.268 e. The Morgan fingerprint density at radius 3 is 2.80 bits per heavy atom. The Balaban J connectivity index is 2.58. The molecule has 0 spiro atoms. The van der Waals surface area contributed by atoms with Crippen LogP contribution in [0.3, 0.4) is 0 Å². The van der Waals surface area contributed by atoms with Crippen molar-refractivity contribution in [1.29, 1.82) is 0 Å². The van der Waals surface area contributed by atoms with Gasteiger partial charge in [-0.15, -0.1) is 10.2 Å². The van der Waals surface area contributed by atoms with E-state index < -0.39 is 5.91 Å². The first-order valence-electron chi connectivity index (χ1n) is 5.65. The average molecular weight is 358 g/mol. The molecule has 0 aliphatic heterocycles. The number of amides is 1. The molecule has 20 heavy (non-hydrogen) atoms. The lowest BCUT2D eigenvalue weighted by Crippen LogP contribution is -2.15. The first-order chi connectivity index (χ1) is 9.52. The number of pyridine rings is 1. The molecule has 2 aromatic rings. The number of halogens is 2. The minimum absolute atomic E-state index is 0.0632. The number of primary amides is 1. The fourth-order valence-electron chi connectivity index (χ4n) is 1.58. The summed E-state index contributed by atoms with van der Waals surface area (Å²) in [6.07, 6.45) is 0. The number of carbonyl (C=O) groups is 1. The van der Waals surface area contributed by atoms with Crippen LogP contribution in [0.4, 0.5) is 0 Å². The highest BCUT2D eigenvalue weighted by atomic mass is 79.9. The third-order valence-corrected chi connectivity index (χ3v) is 3.16. The van der Waals surface area contributed by atoms with E-state index in [1.54, 1.807) is 18.2 Å². The van der Waals surface area contributed by atoms with Crippen molar-refractivity contribution in [2.75, 3.05) is 6.61 Å². The Kier molecular flexibility index (Phi) is 4.51. The lowest BCUT2D eigenvalue weighted by atomic mass is 10.1. The molecule has 0 fully saturated rings. The lowest BCUT2D eigenvalue weighted by Gasteiger charge is -2.09. The predicted molar refractivity (Wildman–Crippen MR) is 77.7 cm³/mol. The second-order valence-corrected chi connectivity index (χ2v) is 4.95. The number of hydrogen-bond donors (Lipinski definition) is 1. The second kappa shape index (κ2) is 6.15. The molecule has 2 heterocycles. The predicted octanol–water partition coefficient (Wildman–Crippen LogP) is 2.45. The minimum Gasteiger partial charge on any atom is -0.478 e.